The van der Waals surface area contributed by atoms with Crippen LogP contribution in [0.15, 0.2) is 23.9 Å². The van der Waals surface area contributed by atoms with E-state index in [9.17, 15) is 19.3 Å². The van der Waals surface area contributed by atoms with Crippen molar-refractivity contribution in [3.05, 3.63) is 39.5 Å². The van der Waals surface area contributed by atoms with Crippen molar-refractivity contribution in [3.63, 3.8) is 0 Å². The highest BCUT2D eigenvalue weighted by molar-refractivity contribution is 7.54. The van der Waals surface area contributed by atoms with E-state index in [4.69, 9.17) is 32.2 Å². The maximum atomic E-state index is 12.5. The van der Waals surface area contributed by atoms with E-state index in [1.807, 2.05) is 0 Å². The first kappa shape index (κ1) is 21.7. The summed E-state index contributed by atoms with van der Waals surface area (Å²) in [5, 5.41) is 15.2. The number of carbonyl (C=O) groups is 2. The van der Waals surface area contributed by atoms with Gasteiger partial charge in [0.15, 0.2) is 0 Å². The molecule has 1 atom stereocenters. The van der Waals surface area contributed by atoms with Gasteiger partial charge >= 0.3 is 13.6 Å². The molecular formula is C16H19Cl2N2O6P. The Kier molecular flexibility index (Phi) is 7.31. The molecule has 2 rings (SSSR count). The number of amides is 1. The number of carbonyl (C=O) groups excluding carboxylic acids is 1. The minimum Gasteiger partial charge on any atom is -0.477 e. The van der Waals surface area contributed by atoms with Crippen LogP contribution in [0.5, 0.6) is 0 Å². The zero-order chi connectivity index (χ0) is 20.2. The van der Waals surface area contributed by atoms with Gasteiger partial charge in [-0.3, -0.25) is 9.36 Å². The van der Waals surface area contributed by atoms with Gasteiger partial charge in [0.25, 0.3) is 0 Å². The summed E-state index contributed by atoms with van der Waals surface area (Å²) in [4.78, 5) is 23.8. The molecule has 1 unspecified atom stereocenters. The number of hydrogen-bond donors (Lipinski definition) is 3. The summed E-state index contributed by atoms with van der Waals surface area (Å²) in [6, 6.07) is 2.12. The van der Waals surface area contributed by atoms with Crippen LogP contribution in [0.25, 0.3) is 0 Å². The Bertz CT molecular complexity index is 819. The van der Waals surface area contributed by atoms with E-state index in [1.54, 1.807) is 13.8 Å². The van der Waals surface area contributed by atoms with Crippen molar-refractivity contribution in [2.75, 3.05) is 24.7 Å². The van der Waals surface area contributed by atoms with Crippen molar-refractivity contribution in [2.45, 2.75) is 19.9 Å². The van der Waals surface area contributed by atoms with Gasteiger partial charge in [0.2, 0.25) is 5.91 Å². The molecule has 0 aliphatic carbocycles. The van der Waals surface area contributed by atoms with E-state index < -0.39 is 31.7 Å². The van der Waals surface area contributed by atoms with E-state index in [0.29, 0.717) is 16.3 Å². The lowest BCUT2D eigenvalue weighted by atomic mass is 9.99. The molecule has 11 heteroatoms. The predicted molar refractivity (Wildman–Crippen MR) is 102 cm³/mol. The minimum atomic E-state index is -3.60. The molecule has 1 aliphatic rings. The molecule has 27 heavy (non-hydrogen) atoms. The summed E-state index contributed by atoms with van der Waals surface area (Å²) in [7, 11) is -3.60. The third-order valence-electron chi connectivity index (χ3n) is 3.54. The molecule has 1 amide bonds. The van der Waals surface area contributed by atoms with Crippen LogP contribution in [0.2, 0.25) is 10.0 Å². The average molecular weight is 437 g/mol. The van der Waals surface area contributed by atoms with Gasteiger partial charge < -0.3 is 24.8 Å². The van der Waals surface area contributed by atoms with Crippen LogP contribution >= 0.6 is 30.8 Å². The lowest BCUT2D eigenvalue weighted by molar-refractivity contribution is -0.132. The van der Waals surface area contributed by atoms with Crippen molar-refractivity contribution in [1.29, 1.82) is 0 Å². The van der Waals surface area contributed by atoms with Crippen LogP contribution in [0.4, 0.5) is 5.69 Å². The van der Waals surface area contributed by atoms with Gasteiger partial charge in [-0.2, -0.15) is 0 Å². The van der Waals surface area contributed by atoms with Crippen LogP contribution in [0.3, 0.4) is 0 Å². The summed E-state index contributed by atoms with van der Waals surface area (Å²) in [5.41, 5.74) is 0.654. The third kappa shape index (κ3) is 5.46. The Balaban J connectivity index is 2.30. The molecule has 0 saturated carbocycles. The quantitative estimate of drug-likeness (QED) is 0.530. The predicted octanol–water partition coefficient (Wildman–Crippen LogP) is 3.81. The van der Waals surface area contributed by atoms with Crippen molar-refractivity contribution >= 4 is 48.4 Å². The highest BCUT2D eigenvalue weighted by Gasteiger charge is 2.31. The molecule has 1 heterocycles. The number of fused-ring (bicyclic) bond motifs is 1. The van der Waals surface area contributed by atoms with Gasteiger partial charge in [0.1, 0.15) is 11.9 Å². The molecule has 0 radical (unpaired) electrons. The van der Waals surface area contributed by atoms with E-state index in [0.717, 1.165) is 0 Å². The fourth-order valence-corrected chi connectivity index (χ4v) is 4.69. The first-order chi connectivity index (χ1) is 12.7. The molecule has 0 fully saturated rings. The molecule has 3 N–H and O–H groups in total. The summed E-state index contributed by atoms with van der Waals surface area (Å²) in [6.07, 6.45) is 0.796. The minimum absolute atomic E-state index is 0.119. The lowest BCUT2D eigenvalue weighted by Crippen LogP contribution is -2.33. The number of halogens is 2. The largest absolute Gasteiger partial charge is 0.477 e. The van der Waals surface area contributed by atoms with Gasteiger partial charge in [-0.1, -0.05) is 23.2 Å². The van der Waals surface area contributed by atoms with Crippen molar-refractivity contribution < 1.29 is 28.3 Å². The molecular weight excluding hydrogens is 418 g/mol. The monoisotopic (exact) mass is 436 g/mol. The Labute approximate surface area is 166 Å². The van der Waals surface area contributed by atoms with Gasteiger partial charge in [-0.05, 0) is 32.1 Å². The second-order valence-electron chi connectivity index (χ2n) is 5.51. The number of carboxylic acids is 1. The first-order valence-corrected chi connectivity index (χ1v) is 10.6. The van der Waals surface area contributed by atoms with E-state index in [-0.39, 0.29) is 23.9 Å². The van der Waals surface area contributed by atoms with Crippen LogP contribution in [-0.2, 0) is 23.2 Å². The van der Waals surface area contributed by atoms with E-state index in [1.165, 1.54) is 18.2 Å². The van der Waals surface area contributed by atoms with Crippen LogP contribution in [-0.4, -0.2) is 36.4 Å². The molecule has 148 valence electrons. The molecule has 0 saturated heterocycles. The van der Waals surface area contributed by atoms with Gasteiger partial charge in [0.05, 0.1) is 19.3 Å². The second kappa shape index (κ2) is 9.08. The Morgan fingerprint density at radius 2 is 1.89 bits per heavy atom. The zero-order valence-electron chi connectivity index (χ0n) is 14.6. The zero-order valence-corrected chi connectivity index (χ0v) is 17.0. The third-order valence-corrected chi connectivity index (χ3v) is 6.05. The number of hydrogen-bond acceptors (Lipinski definition) is 6. The summed E-state index contributed by atoms with van der Waals surface area (Å²) < 4.78 is 22.7. The van der Waals surface area contributed by atoms with Crippen LogP contribution in [0, 0.1) is 0 Å². The lowest BCUT2D eigenvalue weighted by Gasteiger charge is -2.27. The number of rotatable bonds is 8. The average Bonchev–Trinajstić information content (AvgIpc) is 2.53. The maximum absolute atomic E-state index is 12.5. The normalized spacial score (nSPS) is 16.1. The van der Waals surface area contributed by atoms with Gasteiger partial charge in [0, 0.05) is 21.3 Å². The molecule has 0 spiro atoms. The van der Waals surface area contributed by atoms with Crippen molar-refractivity contribution in [2.24, 2.45) is 0 Å². The Hall–Kier alpha value is -1.57. The van der Waals surface area contributed by atoms with Crippen LogP contribution in [0.1, 0.15) is 25.5 Å². The fourth-order valence-electron chi connectivity index (χ4n) is 2.60. The Morgan fingerprint density at radius 1 is 1.26 bits per heavy atom. The topological polar surface area (TPSA) is 114 Å². The maximum Gasteiger partial charge on any atom is 0.352 e. The molecule has 1 aromatic carbocycles. The number of nitrogens with one attached hydrogen (secondary N) is 2. The summed E-state index contributed by atoms with van der Waals surface area (Å²) in [5.74, 6) is -1.85. The molecule has 8 nitrogen and oxygen atoms in total. The smallest absolute Gasteiger partial charge is 0.352 e. The molecule has 0 aromatic heterocycles. The van der Waals surface area contributed by atoms with E-state index >= 15 is 0 Å². The van der Waals surface area contributed by atoms with Crippen molar-refractivity contribution in [1.82, 2.24) is 5.32 Å². The first-order valence-electron chi connectivity index (χ1n) is 8.07. The summed E-state index contributed by atoms with van der Waals surface area (Å²) in [6.45, 7) is 3.51. The standard InChI is InChI=1S/C16H19Cl2N2O6P/c1-3-25-27(24,26-4-2)8-14(21)20-12-7-13(16(22)23)19-11-6-9(17)5-10(18)15(11)12/h5-7,12,19H,3-4,8H2,1-2H3,(H,20,21)(H,22,23). The van der Waals surface area contributed by atoms with Crippen LogP contribution < -0.4 is 10.6 Å². The fraction of sp³-hybridized carbons (Fsp3) is 0.375. The molecule has 1 aromatic rings. The number of anilines is 1. The van der Waals surface area contributed by atoms with Gasteiger partial charge in [-0.25, -0.2) is 4.79 Å². The SMILES string of the molecule is CCOP(=O)(CC(=O)NC1C=C(C(=O)O)Nc2cc(Cl)cc(Cl)c21)OCC. The Morgan fingerprint density at radius 3 is 2.44 bits per heavy atom. The number of benzene rings is 1. The highest BCUT2D eigenvalue weighted by Crippen LogP contribution is 2.48. The van der Waals surface area contributed by atoms with Crippen molar-refractivity contribution in [3.8, 4) is 0 Å². The highest BCUT2D eigenvalue weighted by atomic mass is 35.5. The van der Waals surface area contributed by atoms with E-state index in [2.05, 4.69) is 10.6 Å². The molecule has 0 bridgehead atoms. The summed E-state index contributed by atoms with van der Waals surface area (Å²) >= 11 is 12.2. The van der Waals surface area contributed by atoms with Gasteiger partial charge in [-0.15, -0.1) is 0 Å². The number of carboxylic acid groups (broad SMARTS) is 1. The molecule has 1 aliphatic heterocycles. The number of aliphatic carboxylic acids is 1. The second-order valence-corrected chi connectivity index (χ2v) is 8.41.